The van der Waals surface area contributed by atoms with Gasteiger partial charge in [0, 0.05) is 35.5 Å². The molecule has 7 heteroatoms. The van der Waals surface area contributed by atoms with Crippen molar-refractivity contribution in [3.05, 3.63) is 51.3 Å². The first-order valence-electron chi connectivity index (χ1n) is 7.64. The molecule has 25 heavy (non-hydrogen) atoms. The van der Waals surface area contributed by atoms with Gasteiger partial charge in [-0.15, -0.1) is 0 Å². The smallest absolute Gasteiger partial charge is 0.260 e. The van der Waals surface area contributed by atoms with Crippen LogP contribution in [0, 0.1) is 13.8 Å². The van der Waals surface area contributed by atoms with Gasteiger partial charge in [-0.3, -0.25) is 9.78 Å². The third-order valence-corrected chi connectivity index (χ3v) is 4.35. The standard InChI is InChI=1S/C18H20Cl2N2O3/c1-11-8-21-15(12(2)18(11)24-4)9-22(3)17(23)10-25-16-7-13(19)5-6-14(16)20/h5-8H,9-10H2,1-4H3. The van der Waals surface area contributed by atoms with Gasteiger partial charge in [-0.05, 0) is 26.0 Å². The normalized spacial score (nSPS) is 10.5. The van der Waals surface area contributed by atoms with E-state index < -0.39 is 0 Å². The molecule has 2 aromatic rings. The van der Waals surface area contributed by atoms with Crippen LogP contribution in [0.15, 0.2) is 24.4 Å². The second-order valence-corrected chi connectivity index (χ2v) is 6.50. The third kappa shape index (κ3) is 4.77. The molecule has 0 saturated heterocycles. The maximum atomic E-state index is 12.3. The highest BCUT2D eigenvalue weighted by atomic mass is 35.5. The van der Waals surface area contributed by atoms with Gasteiger partial charge in [0.05, 0.1) is 24.4 Å². The quantitative estimate of drug-likeness (QED) is 0.755. The predicted molar refractivity (Wildman–Crippen MR) is 98.7 cm³/mol. The topological polar surface area (TPSA) is 51.7 Å². The molecule has 0 aliphatic rings. The molecule has 0 unspecified atom stereocenters. The van der Waals surface area contributed by atoms with E-state index in [2.05, 4.69) is 4.98 Å². The lowest BCUT2D eigenvalue weighted by Gasteiger charge is -2.20. The molecule has 0 spiro atoms. The van der Waals surface area contributed by atoms with E-state index in [1.54, 1.807) is 43.5 Å². The SMILES string of the molecule is COc1c(C)cnc(CN(C)C(=O)COc2cc(Cl)ccc2Cl)c1C. The Kier molecular flexibility index (Phi) is 6.51. The fraction of sp³-hybridized carbons (Fsp3) is 0.333. The summed E-state index contributed by atoms with van der Waals surface area (Å²) in [5.41, 5.74) is 2.65. The fourth-order valence-corrected chi connectivity index (χ4v) is 2.72. The summed E-state index contributed by atoms with van der Waals surface area (Å²) in [5.74, 6) is 0.965. The zero-order chi connectivity index (χ0) is 18.6. The van der Waals surface area contributed by atoms with Crippen LogP contribution in [0.4, 0.5) is 0 Å². The van der Waals surface area contributed by atoms with E-state index in [4.69, 9.17) is 32.7 Å². The van der Waals surface area contributed by atoms with Crippen LogP contribution in [-0.4, -0.2) is 36.6 Å². The van der Waals surface area contributed by atoms with Gasteiger partial charge in [-0.25, -0.2) is 0 Å². The molecule has 2 rings (SSSR count). The van der Waals surface area contributed by atoms with E-state index in [-0.39, 0.29) is 12.5 Å². The number of aryl methyl sites for hydroxylation is 1. The van der Waals surface area contributed by atoms with E-state index in [1.165, 1.54) is 0 Å². The first-order chi connectivity index (χ1) is 11.8. The van der Waals surface area contributed by atoms with Crippen LogP contribution in [0.5, 0.6) is 11.5 Å². The van der Waals surface area contributed by atoms with Gasteiger partial charge in [-0.1, -0.05) is 23.2 Å². The first-order valence-corrected chi connectivity index (χ1v) is 8.40. The number of ether oxygens (including phenoxy) is 2. The van der Waals surface area contributed by atoms with Crippen LogP contribution in [0.25, 0.3) is 0 Å². The number of pyridine rings is 1. The minimum absolute atomic E-state index is 0.140. The van der Waals surface area contributed by atoms with Crippen molar-refractivity contribution in [1.82, 2.24) is 9.88 Å². The minimum Gasteiger partial charge on any atom is -0.496 e. The molecule has 0 aliphatic carbocycles. The molecule has 134 valence electrons. The molecule has 1 aromatic carbocycles. The molecule has 1 amide bonds. The van der Waals surface area contributed by atoms with E-state index in [1.807, 2.05) is 13.8 Å². The van der Waals surface area contributed by atoms with Crippen molar-refractivity contribution in [3.63, 3.8) is 0 Å². The van der Waals surface area contributed by atoms with Gasteiger partial charge >= 0.3 is 0 Å². The minimum atomic E-state index is -0.197. The lowest BCUT2D eigenvalue weighted by atomic mass is 10.1. The zero-order valence-corrected chi connectivity index (χ0v) is 16.1. The molecule has 0 radical (unpaired) electrons. The summed E-state index contributed by atoms with van der Waals surface area (Å²) in [6, 6.07) is 4.86. The maximum Gasteiger partial charge on any atom is 0.260 e. The van der Waals surface area contributed by atoms with Crippen LogP contribution >= 0.6 is 23.2 Å². The molecule has 1 aromatic heterocycles. The van der Waals surface area contributed by atoms with Gasteiger partial charge in [0.2, 0.25) is 0 Å². The Bertz CT molecular complexity index is 781. The van der Waals surface area contributed by atoms with Crippen molar-refractivity contribution < 1.29 is 14.3 Å². The van der Waals surface area contributed by atoms with E-state index >= 15 is 0 Å². The highest BCUT2D eigenvalue weighted by molar-refractivity contribution is 6.34. The van der Waals surface area contributed by atoms with E-state index in [0.29, 0.717) is 22.3 Å². The summed E-state index contributed by atoms with van der Waals surface area (Å²) in [6.45, 7) is 4.07. The zero-order valence-electron chi connectivity index (χ0n) is 14.6. The molecule has 0 fully saturated rings. The lowest BCUT2D eigenvalue weighted by molar-refractivity contribution is -0.132. The van der Waals surface area contributed by atoms with Gasteiger partial charge in [0.15, 0.2) is 6.61 Å². The molecule has 0 aliphatic heterocycles. The van der Waals surface area contributed by atoms with Gasteiger partial charge in [0.25, 0.3) is 5.91 Å². The van der Waals surface area contributed by atoms with E-state index in [9.17, 15) is 4.79 Å². The number of benzene rings is 1. The van der Waals surface area contributed by atoms with Crippen LogP contribution < -0.4 is 9.47 Å². The third-order valence-electron chi connectivity index (χ3n) is 3.81. The number of carbonyl (C=O) groups excluding carboxylic acids is 1. The fourth-order valence-electron chi connectivity index (χ4n) is 2.38. The molecular formula is C18H20Cl2N2O3. The number of aromatic nitrogens is 1. The predicted octanol–water partition coefficient (Wildman–Crippen LogP) is 4.05. The first kappa shape index (κ1) is 19.3. The monoisotopic (exact) mass is 382 g/mol. The van der Waals surface area contributed by atoms with E-state index in [0.717, 1.165) is 22.6 Å². The summed E-state index contributed by atoms with van der Waals surface area (Å²) >= 11 is 11.9. The Balaban J connectivity index is 2.02. The van der Waals surface area contributed by atoms with Gasteiger partial charge in [0.1, 0.15) is 11.5 Å². The second kappa shape index (κ2) is 8.41. The molecule has 0 N–H and O–H groups in total. The molecule has 5 nitrogen and oxygen atoms in total. The van der Waals surface area contributed by atoms with Crippen LogP contribution in [0.2, 0.25) is 10.0 Å². The number of likely N-dealkylation sites (N-methyl/N-ethyl adjacent to an activating group) is 1. The second-order valence-electron chi connectivity index (χ2n) is 5.66. The average Bonchev–Trinajstić information content (AvgIpc) is 2.58. The van der Waals surface area contributed by atoms with Crippen LogP contribution in [0.3, 0.4) is 0 Å². The summed E-state index contributed by atoms with van der Waals surface area (Å²) in [7, 11) is 3.31. The molecule has 0 saturated carbocycles. The number of hydrogen-bond acceptors (Lipinski definition) is 4. The number of rotatable bonds is 6. The van der Waals surface area contributed by atoms with Gasteiger partial charge < -0.3 is 14.4 Å². The maximum absolute atomic E-state index is 12.3. The summed E-state index contributed by atoms with van der Waals surface area (Å²) < 4.78 is 10.9. The molecule has 0 atom stereocenters. The Morgan fingerprint density at radius 1 is 1.28 bits per heavy atom. The molecular weight excluding hydrogens is 363 g/mol. The Morgan fingerprint density at radius 3 is 2.68 bits per heavy atom. The van der Waals surface area contributed by atoms with Crippen molar-refractivity contribution >= 4 is 29.1 Å². The highest BCUT2D eigenvalue weighted by Crippen LogP contribution is 2.28. The number of nitrogens with zero attached hydrogens (tertiary/aromatic N) is 2. The van der Waals surface area contributed by atoms with Gasteiger partial charge in [-0.2, -0.15) is 0 Å². The molecule has 0 bridgehead atoms. The number of hydrogen-bond donors (Lipinski definition) is 0. The summed E-state index contributed by atoms with van der Waals surface area (Å²) in [6.07, 6.45) is 1.74. The Labute approximate surface area is 157 Å². The van der Waals surface area contributed by atoms with Crippen LogP contribution in [0.1, 0.15) is 16.8 Å². The average molecular weight is 383 g/mol. The lowest BCUT2D eigenvalue weighted by Crippen LogP contribution is -2.31. The number of methoxy groups -OCH3 is 1. The largest absolute Gasteiger partial charge is 0.496 e. The van der Waals surface area contributed by atoms with Crippen molar-refractivity contribution in [2.45, 2.75) is 20.4 Å². The van der Waals surface area contributed by atoms with Crippen molar-refractivity contribution in [3.8, 4) is 11.5 Å². The highest BCUT2D eigenvalue weighted by Gasteiger charge is 2.16. The summed E-state index contributed by atoms with van der Waals surface area (Å²) in [5, 5.41) is 0.896. The summed E-state index contributed by atoms with van der Waals surface area (Å²) in [4.78, 5) is 18.3. The number of halogens is 2. The van der Waals surface area contributed by atoms with Crippen molar-refractivity contribution in [1.29, 1.82) is 0 Å². The van der Waals surface area contributed by atoms with Crippen molar-refractivity contribution in [2.24, 2.45) is 0 Å². The Hall–Kier alpha value is -1.98. The molecule has 1 heterocycles. The van der Waals surface area contributed by atoms with Crippen molar-refractivity contribution in [2.75, 3.05) is 20.8 Å². The van der Waals surface area contributed by atoms with Crippen LogP contribution in [-0.2, 0) is 11.3 Å². The number of amides is 1. The number of carbonyl (C=O) groups is 1. The Morgan fingerprint density at radius 2 is 2.00 bits per heavy atom.